The van der Waals surface area contributed by atoms with E-state index in [1.54, 1.807) is 48.5 Å². The van der Waals surface area contributed by atoms with Gasteiger partial charge in [-0.25, -0.2) is 0 Å². The van der Waals surface area contributed by atoms with E-state index < -0.39 is 0 Å². The Bertz CT molecular complexity index is 942. The first-order valence-electron chi connectivity index (χ1n) is 8.46. The van der Waals surface area contributed by atoms with Crippen LogP contribution in [0.25, 0.3) is 0 Å². The number of halogens is 1. The molecule has 0 aliphatic rings. The Labute approximate surface area is 167 Å². The molecule has 5 heteroatoms. The number of amides is 1. The van der Waals surface area contributed by atoms with E-state index in [0.29, 0.717) is 21.8 Å². The Morgan fingerprint density at radius 3 is 2.22 bits per heavy atom. The molecule has 1 atom stereocenters. The van der Waals surface area contributed by atoms with Crippen LogP contribution in [0.1, 0.15) is 22.8 Å². The number of rotatable bonds is 6. The summed E-state index contributed by atoms with van der Waals surface area (Å²) in [7, 11) is 0. The summed E-state index contributed by atoms with van der Waals surface area (Å²) in [4.78, 5) is 26.4. The van der Waals surface area contributed by atoms with Crippen molar-refractivity contribution >= 4 is 40.7 Å². The van der Waals surface area contributed by atoms with Gasteiger partial charge in [-0.3, -0.25) is 9.59 Å². The maximum atomic E-state index is 12.8. The van der Waals surface area contributed by atoms with Gasteiger partial charge in [0.2, 0.25) is 5.91 Å². The van der Waals surface area contributed by atoms with Crippen LogP contribution < -0.4 is 5.32 Å². The highest BCUT2D eigenvalue weighted by Crippen LogP contribution is 2.26. The highest BCUT2D eigenvalue weighted by molar-refractivity contribution is 8.00. The van der Waals surface area contributed by atoms with Crippen LogP contribution >= 0.6 is 23.4 Å². The summed E-state index contributed by atoms with van der Waals surface area (Å²) < 4.78 is 0. The molecular formula is C22H18ClNO2S. The van der Waals surface area contributed by atoms with Gasteiger partial charge in [-0.15, -0.1) is 11.8 Å². The van der Waals surface area contributed by atoms with Crippen molar-refractivity contribution in [2.75, 3.05) is 5.32 Å². The first kappa shape index (κ1) is 19.2. The molecule has 0 aliphatic carbocycles. The number of hydrogen-bond donors (Lipinski definition) is 1. The number of carbonyl (C=O) groups excluding carboxylic acids is 2. The fourth-order valence-electron chi connectivity index (χ4n) is 2.54. The summed E-state index contributed by atoms with van der Waals surface area (Å²) >= 11 is 7.33. The highest BCUT2D eigenvalue weighted by atomic mass is 35.5. The van der Waals surface area contributed by atoms with E-state index >= 15 is 0 Å². The average molecular weight is 396 g/mol. The third kappa shape index (κ3) is 5.00. The second-order valence-corrected chi connectivity index (χ2v) is 7.79. The number of thioether (sulfide) groups is 1. The van der Waals surface area contributed by atoms with E-state index in [2.05, 4.69) is 5.32 Å². The minimum absolute atomic E-state index is 0.121. The molecule has 0 unspecified atom stereocenters. The second kappa shape index (κ2) is 8.89. The molecule has 0 bridgehead atoms. The minimum Gasteiger partial charge on any atom is -0.324 e. The van der Waals surface area contributed by atoms with Gasteiger partial charge in [0.05, 0.1) is 10.9 Å². The van der Waals surface area contributed by atoms with Gasteiger partial charge in [0.25, 0.3) is 0 Å². The zero-order valence-corrected chi connectivity index (χ0v) is 16.3. The molecule has 0 heterocycles. The predicted molar refractivity (Wildman–Crippen MR) is 112 cm³/mol. The van der Waals surface area contributed by atoms with E-state index in [9.17, 15) is 9.59 Å². The highest BCUT2D eigenvalue weighted by Gasteiger charge is 2.18. The van der Waals surface area contributed by atoms with Gasteiger partial charge in [0.1, 0.15) is 0 Å². The van der Waals surface area contributed by atoms with Gasteiger partial charge in [-0.1, -0.05) is 54.1 Å². The summed E-state index contributed by atoms with van der Waals surface area (Å²) in [5.74, 6) is -0.284. The molecule has 0 aromatic heterocycles. The Morgan fingerprint density at radius 1 is 0.889 bits per heavy atom. The van der Waals surface area contributed by atoms with Crippen molar-refractivity contribution in [3.63, 3.8) is 0 Å². The lowest BCUT2D eigenvalue weighted by Gasteiger charge is -2.14. The van der Waals surface area contributed by atoms with Gasteiger partial charge in [0.15, 0.2) is 5.78 Å². The predicted octanol–water partition coefficient (Wildman–Crippen LogP) is 5.69. The molecule has 0 saturated carbocycles. The van der Waals surface area contributed by atoms with Crippen molar-refractivity contribution in [3.8, 4) is 0 Å². The molecule has 0 saturated heterocycles. The maximum absolute atomic E-state index is 12.8. The monoisotopic (exact) mass is 395 g/mol. The molecular weight excluding hydrogens is 378 g/mol. The van der Waals surface area contributed by atoms with Crippen LogP contribution in [0, 0.1) is 0 Å². The lowest BCUT2D eigenvalue weighted by molar-refractivity contribution is -0.115. The summed E-state index contributed by atoms with van der Waals surface area (Å²) in [5.41, 5.74) is 1.57. The molecule has 1 amide bonds. The molecule has 3 aromatic carbocycles. The SMILES string of the molecule is C[C@H](Sc1ccc(Cl)cc1)C(=O)Nc1ccccc1C(=O)c1ccccc1. The Morgan fingerprint density at radius 2 is 1.52 bits per heavy atom. The van der Waals surface area contributed by atoms with E-state index in [1.165, 1.54) is 11.8 Å². The fourth-order valence-corrected chi connectivity index (χ4v) is 3.53. The van der Waals surface area contributed by atoms with Crippen LogP contribution in [0.4, 0.5) is 5.69 Å². The Hall–Kier alpha value is -2.56. The van der Waals surface area contributed by atoms with Crippen LogP contribution in [0.5, 0.6) is 0 Å². The second-order valence-electron chi connectivity index (χ2n) is 5.94. The van der Waals surface area contributed by atoms with Crippen molar-refractivity contribution in [2.24, 2.45) is 0 Å². The van der Waals surface area contributed by atoms with Crippen molar-refractivity contribution in [1.82, 2.24) is 0 Å². The molecule has 3 nitrogen and oxygen atoms in total. The molecule has 0 radical (unpaired) electrons. The molecule has 136 valence electrons. The zero-order valence-electron chi connectivity index (χ0n) is 14.7. The molecule has 27 heavy (non-hydrogen) atoms. The number of carbonyl (C=O) groups is 2. The summed E-state index contributed by atoms with van der Waals surface area (Å²) in [6.07, 6.45) is 0. The van der Waals surface area contributed by atoms with Crippen LogP contribution in [0.2, 0.25) is 5.02 Å². The van der Waals surface area contributed by atoms with Crippen LogP contribution in [-0.4, -0.2) is 16.9 Å². The molecule has 0 aliphatic heterocycles. The topological polar surface area (TPSA) is 46.2 Å². The Kier molecular flexibility index (Phi) is 6.32. The molecule has 1 N–H and O–H groups in total. The van der Waals surface area contributed by atoms with E-state index in [1.807, 2.05) is 37.3 Å². The van der Waals surface area contributed by atoms with Gasteiger partial charge in [-0.2, -0.15) is 0 Å². The van der Waals surface area contributed by atoms with Crippen molar-refractivity contribution in [2.45, 2.75) is 17.1 Å². The summed E-state index contributed by atoms with van der Waals surface area (Å²) in [6.45, 7) is 1.83. The van der Waals surface area contributed by atoms with E-state index in [-0.39, 0.29) is 16.9 Å². The minimum atomic E-state index is -0.328. The first-order chi connectivity index (χ1) is 13.0. The van der Waals surface area contributed by atoms with Gasteiger partial charge < -0.3 is 5.32 Å². The Balaban J connectivity index is 1.74. The molecule has 3 aromatic rings. The van der Waals surface area contributed by atoms with Crippen molar-refractivity contribution in [1.29, 1.82) is 0 Å². The number of para-hydroxylation sites is 1. The summed E-state index contributed by atoms with van der Waals surface area (Å²) in [5, 5.41) is 3.22. The van der Waals surface area contributed by atoms with Crippen molar-refractivity contribution in [3.05, 3.63) is 95.0 Å². The third-order valence-electron chi connectivity index (χ3n) is 3.96. The lowest BCUT2D eigenvalue weighted by Crippen LogP contribution is -2.23. The smallest absolute Gasteiger partial charge is 0.237 e. The quantitative estimate of drug-likeness (QED) is 0.430. The van der Waals surface area contributed by atoms with Gasteiger partial charge in [-0.05, 0) is 43.3 Å². The number of ketones is 1. The van der Waals surface area contributed by atoms with Crippen LogP contribution in [-0.2, 0) is 4.79 Å². The summed E-state index contributed by atoms with van der Waals surface area (Å²) in [6, 6.07) is 23.4. The molecule has 0 spiro atoms. The van der Waals surface area contributed by atoms with Gasteiger partial charge in [0, 0.05) is 21.0 Å². The lowest BCUT2D eigenvalue weighted by atomic mass is 10.0. The maximum Gasteiger partial charge on any atom is 0.237 e. The molecule has 3 rings (SSSR count). The van der Waals surface area contributed by atoms with Crippen molar-refractivity contribution < 1.29 is 9.59 Å². The number of hydrogen-bond acceptors (Lipinski definition) is 3. The number of nitrogens with one attached hydrogen (secondary N) is 1. The number of anilines is 1. The van der Waals surface area contributed by atoms with Gasteiger partial charge >= 0.3 is 0 Å². The third-order valence-corrected chi connectivity index (χ3v) is 5.33. The zero-order chi connectivity index (χ0) is 19.2. The van der Waals surface area contributed by atoms with Crippen LogP contribution in [0.3, 0.4) is 0 Å². The number of benzene rings is 3. The van der Waals surface area contributed by atoms with E-state index in [0.717, 1.165) is 4.90 Å². The normalized spacial score (nSPS) is 11.6. The fraction of sp³-hybridized carbons (Fsp3) is 0.0909. The largest absolute Gasteiger partial charge is 0.324 e. The standard InChI is InChI=1S/C22H18ClNO2S/c1-15(27-18-13-11-17(23)12-14-18)22(26)24-20-10-6-5-9-19(20)21(25)16-7-3-2-4-8-16/h2-15H,1H3,(H,24,26)/t15-/m0/s1. The van der Waals surface area contributed by atoms with Crippen LogP contribution in [0.15, 0.2) is 83.8 Å². The van der Waals surface area contributed by atoms with E-state index in [4.69, 9.17) is 11.6 Å². The first-order valence-corrected chi connectivity index (χ1v) is 9.72. The molecule has 0 fully saturated rings. The average Bonchev–Trinajstić information content (AvgIpc) is 2.70.